The van der Waals surface area contributed by atoms with Gasteiger partial charge >= 0.3 is 0 Å². The fourth-order valence-electron chi connectivity index (χ4n) is 11.3. The van der Waals surface area contributed by atoms with Crippen molar-refractivity contribution in [2.24, 2.45) is 0 Å². The van der Waals surface area contributed by atoms with Gasteiger partial charge < -0.3 is 9.47 Å². The first-order valence-corrected chi connectivity index (χ1v) is 20.3. The van der Waals surface area contributed by atoms with Gasteiger partial charge in [0.25, 0.3) is 13.4 Å². The van der Waals surface area contributed by atoms with E-state index in [0.29, 0.717) is 11.1 Å². The van der Waals surface area contributed by atoms with Crippen LogP contribution in [0.25, 0.3) is 76.8 Å². The normalized spacial score (nSPS) is 13.2. The average molecular weight is 756 g/mol. The highest BCUT2D eigenvalue weighted by Gasteiger charge is 2.44. The zero-order valence-electron chi connectivity index (χ0n) is 31.9. The topological polar surface area (TPSA) is 66.0 Å². The fourth-order valence-corrected chi connectivity index (χ4v) is 11.3. The van der Waals surface area contributed by atoms with Gasteiger partial charge in [-0.05, 0) is 147 Å². The molecule has 0 saturated carbocycles. The van der Waals surface area contributed by atoms with Crippen LogP contribution in [-0.2, 0) is 0 Å². The summed E-state index contributed by atoms with van der Waals surface area (Å²) in [6.07, 6.45) is 0. The van der Waals surface area contributed by atoms with Gasteiger partial charge in [-0.3, -0.25) is 0 Å². The van der Waals surface area contributed by atoms with E-state index in [1.165, 1.54) is 43.2 Å². The second-order valence-corrected chi connectivity index (χ2v) is 16.4. The van der Waals surface area contributed by atoms with E-state index in [1.54, 1.807) is 0 Å². The monoisotopic (exact) mass is 756 g/mol. The van der Waals surface area contributed by atoms with Gasteiger partial charge in [-0.25, -0.2) is 0 Å². The summed E-state index contributed by atoms with van der Waals surface area (Å²) < 4.78 is 13.4. The number of hydrogen-bond acceptors (Lipinski definition) is 4. The molecular weight excluding hydrogens is 730 g/mol. The van der Waals surface area contributed by atoms with Crippen molar-refractivity contribution in [3.63, 3.8) is 0 Å². The molecule has 0 spiro atoms. The maximum atomic E-state index is 10.4. The molecule has 0 bridgehead atoms. The summed E-state index contributed by atoms with van der Waals surface area (Å²) in [5.41, 5.74) is 16.9. The lowest BCUT2D eigenvalue weighted by atomic mass is 9.31. The van der Waals surface area contributed by atoms with Crippen LogP contribution in [0.2, 0.25) is 0 Å². The highest BCUT2D eigenvalue weighted by Crippen LogP contribution is 2.51. The Kier molecular flexibility index (Phi) is 6.03. The Morgan fingerprint density at radius 3 is 1.20 bits per heavy atom. The lowest BCUT2D eigenvalue weighted by Crippen LogP contribution is -2.58. The molecule has 10 aromatic rings. The number of benzene rings is 10. The van der Waals surface area contributed by atoms with E-state index in [0.717, 1.165) is 89.4 Å². The van der Waals surface area contributed by atoms with Gasteiger partial charge in [0.05, 0.1) is 23.3 Å². The first-order chi connectivity index (χ1) is 29.7. The van der Waals surface area contributed by atoms with Crippen molar-refractivity contribution in [3.8, 4) is 79.6 Å². The van der Waals surface area contributed by atoms with E-state index < -0.39 is 0 Å². The van der Waals surface area contributed by atoms with Crippen molar-refractivity contribution >= 4 is 78.5 Å². The summed E-state index contributed by atoms with van der Waals surface area (Å²) in [6, 6.07) is 60.7. The van der Waals surface area contributed by atoms with Crippen molar-refractivity contribution < 1.29 is 9.47 Å². The third-order valence-corrected chi connectivity index (χ3v) is 13.6. The van der Waals surface area contributed by atoms with Gasteiger partial charge in [-0.15, -0.1) is 0 Å². The fraction of sp³-hybridized carbons (Fsp3) is 0. The van der Waals surface area contributed by atoms with Crippen LogP contribution in [0.3, 0.4) is 0 Å². The van der Waals surface area contributed by atoms with E-state index in [2.05, 4.69) is 133 Å². The maximum absolute atomic E-state index is 10.4. The average Bonchev–Trinajstić information content (AvgIpc) is 3.30. The molecule has 0 fully saturated rings. The van der Waals surface area contributed by atoms with Crippen LogP contribution >= 0.6 is 0 Å². The lowest BCUT2D eigenvalue weighted by molar-refractivity contribution is 0.487. The van der Waals surface area contributed by atoms with E-state index >= 15 is 0 Å². The Bertz CT molecular complexity index is 3450. The molecule has 4 heterocycles. The van der Waals surface area contributed by atoms with Gasteiger partial charge in [0, 0.05) is 0 Å². The molecule has 0 unspecified atom stereocenters. The first kappa shape index (κ1) is 32.0. The second-order valence-electron chi connectivity index (χ2n) is 16.4. The van der Waals surface area contributed by atoms with E-state index in [9.17, 15) is 10.5 Å². The molecule has 4 aliphatic rings. The van der Waals surface area contributed by atoms with Crippen LogP contribution in [0.1, 0.15) is 11.1 Å². The highest BCUT2D eigenvalue weighted by atomic mass is 16.5. The molecule has 0 N–H and O–H groups in total. The molecule has 4 aliphatic heterocycles. The number of fused-ring (bicyclic) bond motifs is 8. The number of rotatable bonds is 2. The van der Waals surface area contributed by atoms with E-state index in [4.69, 9.17) is 9.47 Å². The Morgan fingerprint density at radius 1 is 0.350 bits per heavy atom. The number of hydrogen-bond donors (Lipinski definition) is 0. The molecule has 6 heteroatoms. The molecule has 270 valence electrons. The molecule has 0 atom stereocenters. The summed E-state index contributed by atoms with van der Waals surface area (Å²) in [4.78, 5) is 0. The number of ether oxygens (including phenoxy) is 2. The standard InChI is InChI=1S/C54H26B2N2O2/c57-27-29-19-39-35-23-33(31-11-3-1-4-12-31)37-25-43-50-36(40-20-30(28-58)22-48-54(40)55(43)41-15-7-9-17-45(41)60-48)24-34(32-13-5-2-6-14-32)38-26-44(49(35)51(37)52(38)50)56-42-16-8-10-18-46(42)59-47(21-29)53(39)56/h1-26H. The summed E-state index contributed by atoms with van der Waals surface area (Å²) in [5.74, 6) is 3.10. The predicted octanol–water partition coefficient (Wildman–Crippen LogP) is 8.87. The van der Waals surface area contributed by atoms with E-state index in [-0.39, 0.29) is 13.4 Å². The molecule has 0 saturated heterocycles. The Hall–Kier alpha value is -8.05. The SMILES string of the molecule is N#Cc1cc2c3c(c1)-c1cc(-c4ccccc4)c4cc5c6c(cc(-c7ccccc7)c7cc(c1c4c76)B3c1ccccc1O2)-c1cc(C#N)cc2c1B5c1ccccc1O2. The number of nitriles is 2. The Balaban J connectivity index is 1.26. The molecule has 0 aromatic heterocycles. The van der Waals surface area contributed by atoms with Gasteiger partial charge in [0.2, 0.25) is 0 Å². The summed E-state index contributed by atoms with van der Waals surface area (Å²) >= 11 is 0. The third kappa shape index (κ3) is 3.96. The zero-order chi connectivity index (χ0) is 39.4. The highest BCUT2D eigenvalue weighted by molar-refractivity contribution is 7.01. The van der Waals surface area contributed by atoms with E-state index in [1.807, 2.05) is 36.4 Å². The smallest absolute Gasteiger partial charge is 0.252 e. The Labute approximate surface area is 345 Å². The van der Waals surface area contributed by atoms with Gasteiger partial charge in [0.1, 0.15) is 23.0 Å². The maximum Gasteiger partial charge on any atom is 0.252 e. The molecule has 0 radical (unpaired) electrons. The minimum Gasteiger partial charge on any atom is -0.458 e. The number of nitrogens with zero attached hydrogens (tertiary/aromatic N) is 2. The largest absolute Gasteiger partial charge is 0.458 e. The minimum atomic E-state index is -0.117. The van der Waals surface area contributed by atoms with Gasteiger partial charge in [0.15, 0.2) is 0 Å². The molecule has 0 amide bonds. The summed E-state index contributed by atoms with van der Waals surface area (Å²) in [6.45, 7) is -0.234. The molecule has 0 aliphatic carbocycles. The van der Waals surface area contributed by atoms with Crippen molar-refractivity contribution in [2.45, 2.75) is 0 Å². The summed E-state index contributed by atoms with van der Waals surface area (Å²) in [7, 11) is 0. The summed E-state index contributed by atoms with van der Waals surface area (Å²) in [5, 5.41) is 28.1. The quantitative estimate of drug-likeness (QED) is 0.131. The van der Waals surface area contributed by atoms with Gasteiger partial charge in [-0.1, -0.05) is 120 Å². The lowest BCUT2D eigenvalue weighted by Gasteiger charge is -2.37. The van der Waals surface area contributed by atoms with Crippen LogP contribution in [0.15, 0.2) is 158 Å². The minimum absolute atomic E-state index is 0.117. The zero-order valence-corrected chi connectivity index (χ0v) is 31.9. The predicted molar refractivity (Wildman–Crippen MR) is 244 cm³/mol. The van der Waals surface area contributed by atoms with Crippen molar-refractivity contribution in [1.29, 1.82) is 10.5 Å². The van der Waals surface area contributed by atoms with Crippen molar-refractivity contribution in [2.75, 3.05) is 0 Å². The van der Waals surface area contributed by atoms with Crippen molar-refractivity contribution in [3.05, 3.63) is 169 Å². The van der Waals surface area contributed by atoms with Crippen molar-refractivity contribution in [1.82, 2.24) is 0 Å². The molecule has 10 aromatic carbocycles. The van der Waals surface area contributed by atoms with Crippen LogP contribution in [0.4, 0.5) is 0 Å². The Morgan fingerprint density at radius 2 is 0.767 bits per heavy atom. The number of para-hydroxylation sites is 2. The third-order valence-electron chi connectivity index (χ3n) is 13.6. The molecule has 14 rings (SSSR count). The molecular formula is C54H26B2N2O2. The second kappa shape index (κ2) is 11.3. The molecule has 60 heavy (non-hydrogen) atoms. The molecule has 4 nitrogen and oxygen atoms in total. The first-order valence-electron chi connectivity index (χ1n) is 20.3. The van der Waals surface area contributed by atoms with Gasteiger partial charge in [-0.2, -0.15) is 10.5 Å². The van der Waals surface area contributed by atoms with Crippen LogP contribution in [-0.4, -0.2) is 13.4 Å². The van der Waals surface area contributed by atoms with Crippen LogP contribution in [0.5, 0.6) is 23.0 Å². The van der Waals surface area contributed by atoms with Crippen LogP contribution in [0, 0.1) is 22.7 Å². The van der Waals surface area contributed by atoms with Crippen LogP contribution < -0.4 is 42.3 Å².